The fourth-order valence-corrected chi connectivity index (χ4v) is 2.51. The molecule has 0 radical (unpaired) electrons. The summed E-state index contributed by atoms with van der Waals surface area (Å²) in [5.41, 5.74) is 1.75. The standard InChI is InChI=1S/C17H23N7/c1-17(2,3)16-21-20-14-9-8-13(22-24(14)16)19-11-12-7-6-10-18-15(12)23(4)5/h6-10H,11H2,1-5H3,(H,19,22). The molecule has 0 amide bonds. The molecule has 0 aliphatic carbocycles. The van der Waals surface area contributed by atoms with Gasteiger partial charge in [0.15, 0.2) is 11.5 Å². The van der Waals surface area contributed by atoms with E-state index in [1.807, 2.05) is 37.2 Å². The minimum Gasteiger partial charge on any atom is -0.364 e. The normalized spacial score (nSPS) is 11.7. The quantitative estimate of drug-likeness (QED) is 0.794. The molecule has 0 atom stereocenters. The van der Waals surface area contributed by atoms with E-state index in [0.717, 1.165) is 28.7 Å². The highest BCUT2D eigenvalue weighted by Crippen LogP contribution is 2.21. The minimum absolute atomic E-state index is 0.119. The Labute approximate surface area is 141 Å². The average Bonchev–Trinajstić information content (AvgIpc) is 2.96. The molecule has 3 rings (SSSR count). The highest BCUT2D eigenvalue weighted by Gasteiger charge is 2.21. The van der Waals surface area contributed by atoms with Crippen molar-refractivity contribution in [3.05, 3.63) is 41.9 Å². The predicted octanol–water partition coefficient (Wildman–Crippen LogP) is 2.49. The van der Waals surface area contributed by atoms with Crippen LogP contribution >= 0.6 is 0 Å². The zero-order chi connectivity index (χ0) is 17.3. The predicted molar refractivity (Wildman–Crippen MR) is 95.4 cm³/mol. The third-order valence-corrected chi connectivity index (χ3v) is 3.68. The van der Waals surface area contributed by atoms with E-state index in [1.165, 1.54) is 0 Å². The molecule has 0 spiro atoms. The van der Waals surface area contributed by atoms with E-state index in [-0.39, 0.29) is 5.41 Å². The van der Waals surface area contributed by atoms with Crippen molar-refractivity contribution in [2.45, 2.75) is 32.7 Å². The summed E-state index contributed by atoms with van der Waals surface area (Å²) >= 11 is 0. The van der Waals surface area contributed by atoms with Crippen molar-refractivity contribution >= 4 is 17.3 Å². The molecule has 0 saturated carbocycles. The van der Waals surface area contributed by atoms with E-state index in [4.69, 9.17) is 0 Å². The molecule has 3 aromatic heterocycles. The van der Waals surface area contributed by atoms with Gasteiger partial charge in [0.05, 0.1) is 0 Å². The van der Waals surface area contributed by atoms with Gasteiger partial charge in [-0.2, -0.15) is 4.52 Å². The number of fused-ring (bicyclic) bond motifs is 1. The Morgan fingerprint density at radius 2 is 1.92 bits per heavy atom. The molecule has 24 heavy (non-hydrogen) atoms. The Morgan fingerprint density at radius 3 is 2.62 bits per heavy atom. The molecule has 0 aliphatic rings. The second kappa shape index (κ2) is 6.07. The van der Waals surface area contributed by atoms with Crippen LogP contribution in [0.1, 0.15) is 32.2 Å². The van der Waals surface area contributed by atoms with Crippen LogP contribution in [0.15, 0.2) is 30.5 Å². The summed E-state index contributed by atoms with van der Waals surface area (Å²) in [6, 6.07) is 7.85. The summed E-state index contributed by atoms with van der Waals surface area (Å²) in [6.07, 6.45) is 1.80. The average molecular weight is 325 g/mol. The number of hydrogen-bond donors (Lipinski definition) is 1. The van der Waals surface area contributed by atoms with E-state index in [9.17, 15) is 0 Å². The number of aromatic nitrogens is 5. The van der Waals surface area contributed by atoms with E-state index in [1.54, 1.807) is 10.7 Å². The Hall–Kier alpha value is -2.70. The zero-order valence-corrected chi connectivity index (χ0v) is 14.8. The summed E-state index contributed by atoms with van der Waals surface area (Å²) in [5.74, 6) is 2.57. The number of anilines is 2. The van der Waals surface area contributed by atoms with Gasteiger partial charge in [0.2, 0.25) is 0 Å². The first-order valence-corrected chi connectivity index (χ1v) is 7.94. The highest BCUT2D eigenvalue weighted by atomic mass is 15.4. The van der Waals surface area contributed by atoms with Crippen LogP contribution in [0.2, 0.25) is 0 Å². The number of nitrogens with one attached hydrogen (secondary N) is 1. The smallest absolute Gasteiger partial charge is 0.178 e. The number of hydrogen-bond acceptors (Lipinski definition) is 6. The molecule has 0 aromatic carbocycles. The lowest BCUT2D eigenvalue weighted by molar-refractivity contribution is 0.527. The van der Waals surface area contributed by atoms with E-state index in [2.05, 4.69) is 52.4 Å². The first-order chi connectivity index (χ1) is 11.4. The van der Waals surface area contributed by atoms with Crippen molar-refractivity contribution in [3.8, 4) is 0 Å². The van der Waals surface area contributed by atoms with Gasteiger partial charge in [-0.05, 0) is 18.2 Å². The van der Waals surface area contributed by atoms with Crippen LogP contribution in [0.5, 0.6) is 0 Å². The molecule has 3 aromatic rings. The van der Waals surface area contributed by atoms with E-state index < -0.39 is 0 Å². The van der Waals surface area contributed by atoms with Crippen LogP contribution in [0.25, 0.3) is 5.65 Å². The lowest BCUT2D eigenvalue weighted by Crippen LogP contribution is -2.18. The Kier molecular flexibility index (Phi) is 4.09. The van der Waals surface area contributed by atoms with Crippen LogP contribution in [0, 0.1) is 0 Å². The second-order valence-electron chi connectivity index (χ2n) is 7.00. The van der Waals surface area contributed by atoms with Crippen LogP contribution in [-0.4, -0.2) is 38.9 Å². The molecule has 126 valence electrons. The monoisotopic (exact) mass is 325 g/mol. The fraction of sp³-hybridized carbons (Fsp3) is 0.412. The van der Waals surface area contributed by atoms with Crippen LogP contribution in [0.3, 0.4) is 0 Å². The van der Waals surface area contributed by atoms with Gasteiger partial charge < -0.3 is 10.2 Å². The van der Waals surface area contributed by atoms with Crippen molar-refractivity contribution in [1.82, 2.24) is 24.8 Å². The van der Waals surface area contributed by atoms with Gasteiger partial charge in [0, 0.05) is 37.8 Å². The highest BCUT2D eigenvalue weighted by molar-refractivity contribution is 5.49. The molecule has 1 N–H and O–H groups in total. The lowest BCUT2D eigenvalue weighted by Gasteiger charge is -2.17. The fourth-order valence-electron chi connectivity index (χ4n) is 2.51. The summed E-state index contributed by atoms with van der Waals surface area (Å²) in [5, 5.41) is 16.5. The molecule has 0 unspecified atom stereocenters. The van der Waals surface area contributed by atoms with Crippen molar-refractivity contribution in [2.24, 2.45) is 0 Å². The third kappa shape index (κ3) is 3.15. The van der Waals surface area contributed by atoms with Crippen molar-refractivity contribution < 1.29 is 0 Å². The Balaban J connectivity index is 1.86. The van der Waals surface area contributed by atoms with Crippen molar-refractivity contribution in [3.63, 3.8) is 0 Å². The zero-order valence-electron chi connectivity index (χ0n) is 14.8. The van der Waals surface area contributed by atoms with E-state index in [0.29, 0.717) is 6.54 Å². The molecule has 7 heteroatoms. The molecule has 7 nitrogen and oxygen atoms in total. The molecule has 0 saturated heterocycles. The van der Waals surface area contributed by atoms with Crippen LogP contribution in [-0.2, 0) is 12.0 Å². The molecule has 0 aliphatic heterocycles. The van der Waals surface area contributed by atoms with Crippen LogP contribution in [0.4, 0.5) is 11.6 Å². The summed E-state index contributed by atoms with van der Waals surface area (Å²) < 4.78 is 1.80. The third-order valence-electron chi connectivity index (χ3n) is 3.68. The number of rotatable bonds is 4. The van der Waals surface area contributed by atoms with Crippen LogP contribution < -0.4 is 10.2 Å². The van der Waals surface area contributed by atoms with Gasteiger partial charge in [0.1, 0.15) is 11.6 Å². The topological polar surface area (TPSA) is 71.2 Å². The molecular weight excluding hydrogens is 302 g/mol. The maximum absolute atomic E-state index is 4.64. The first-order valence-electron chi connectivity index (χ1n) is 7.94. The molecule has 0 fully saturated rings. The lowest BCUT2D eigenvalue weighted by atomic mass is 9.96. The summed E-state index contributed by atoms with van der Waals surface area (Å²) in [7, 11) is 3.98. The van der Waals surface area contributed by atoms with Crippen molar-refractivity contribution in [2.75, 3.05) is 24.3 Å². The molecule has 0 bridgehead atoms. The molecule has 3 heterocycles. The van der Waals surface area contributed by atoms with E-state index >= 15 is 0 Å². The largest absolute Gasteiger partial charge is 0.364 e. The van der Waals surface area contributed by atoms with Gasteiger partial charge in [-0.25, -0.2) is 4.98 Å². The SMILES string of the molecule is CN(C)c1ncccc1CNc1ccc2nnc(C(C)(C)C)n2n1. The number of nitrogens with zero attached hydrogens (tertiary/aromatic N) is 6. The Morgan fingerprint density at radius 1 is 1.12 bits per heavy atom. The summed E-state index contributed by atoms with van der Waals surface area (Å²) in [6.45, 7) is 6.95. The van der Waals surface area contributed by atoms with Gasteiger partial charge >= 0.3 is 0 Å². The maximum Gasteiger partial charge on any atom is 0.178 e. The van der Waals surface area contributed by atoms with Gasteiger partial charge in [-0.1, -0.05) is 26.8 Å². The second-order valence-corrected chi connectivity index (χ2v) is 7.00. The molecular formula is C17H23N7. The summed E-state index contributed by atoms with van der Waals surface area (Å²) in [4.78, 5) is 6.42. The maximum atomic E-state index is 4.64. The van der Waals surface area contributed by atoms with Gasteiger partial charge in [0.25, 0.3) is 0 Å². The minimum atomic E-state index is -0.119. The first kappa shape index (κ1) is 16.2. The number of pyridine rings is 1. The van der Waals surface area contributed by atoms with Gasteiger partial charge in [-0.3, -0.25) is 0 Å². The van der Waals surface area contributed by atoms with Crippen molar-refractivity contribution in [1.29, 1.82) is 0 Å². The van der Waals surface area contributed by atoms with Gasteiger partial charge in [-0.15, -0.1) is 15.3 Å². The Bertz CT molecular complexity index is 846.